The van der Waals surface area contributed by atoms with Crippen molar-refractivity contribution in [2.45, 2.75) is 26.2 Å². The SMILES string of the molecule is CC(C)(C)c1ncc(N2CCNCC2)c(-c2ccccc2)n1. The van der Waals surface area contributed by atoms with Gasteiger partial charge in [0.1, 0.15) is 5.82 Å². The maximum absolute atomic E-state index is 4.92. The van der Waals surface area contributed by atoms with Crippen molar-refractivity contribution in [2.75, 3.05) is 31.1 Å². The van der Waals surface area contributed by atoms with Gasteiger partial charge in [-0.15, -0.1) is 0 Å². The summed E-state index contributed by atoms with van der Waals surface area (Å²) in [6, 6.07) is 10.4. The first-order valence-electron chi connectivity index (χ1n) is 7.94. The molecule has 1 aromatic heterocycles. The summed E-state index contributed by atoms with van der Waals surface area (Å²) in [5.74, 6) is 0.894. The molecule has 1 saturated heterocycles. The van der Waals surface area contributed by atoms with E-state index < -0.39 is 0 Å². The molecular formula is C18H24N4. The van der Waals surface area contributed by atoms with E-state index in [1.54, 1.807) is 0 Å². The van der Waals surface area contributed by atoms with Gasteiger partial charge in [0.2, 0.25) is 0 Å². The van der Waals surface area contributed by atoms with Crippen LogP contribution in [0.15, 0.2) is 36.5 Å². The Morgan fingerprint density at radius 2 is 1.73 bits per heavy atom. The highest BCUT2D eigenvalue weighted by atomic mass is 15.2. The van der Waals surface area contributed by atoms with E-state index >= 15 is 0 Å². The molecule has 1 N–H and O–H groups in total. The van der Waals surface area contributed by atoms with Crippen LogP contribution in [0.1, 0.15) is 26.6 Å². The maximum atomic E-state index is 4.92. The highest BCUT2D eigenvalue weighted by Crippen LogP contribution is 2.31. The second-order valence-electron chi connectivity index (χ2n) is 6.78. The monoisotopic (exact) mass is 296 g/mol. The Morgan fingerprint density at radius 3 is 2.36 bits per heavy atom. The van der Waals surface area contributed by atoms with Gasteiger partial charge in [-0.3, -0.25) is 0 Å². The minimum absolute atomic E-state index is 0.0501. The smallest absolute Gasteiger partial charge is 0.134 e. The third-order valence-corrected chi connectivity index (χ3v) is 3.95. The fraction of sp³-hybridized carbons (Fsp3) is 0.444. The van der Waals surface area contributed by atoms with Crippen LogP contribution in [0.4, 0.5) is 5.69 Å². The van der Waals surface area contributed by atoms with Crippen molar-refractivity contribution in [3.63, 3.8) is 0 Å². The molecule has 2 heterocycles. The largest absolute Gasteiger partial charge is 0.366 e. The molecule has 1 fully saturated rings. The topological polar surface area (TPSA) is 41.1 Å². The van der Waals surface area contributed by atoms with E-state index in [1.165, 1.54) is 0 Å². The Bertz CT molecular complexity index is 625. The van der Waals surface area contributed by atoms with E-state index in [4.69, 9.17) is 4.98 Å². The van der Waals surface area contributed by atoms with Crippen LogP contribution >= 0.6 is 0 Å². The van der Waals surface area contributed by atoms with E-state index in [-0.39, 0.29) is 5.41 Å². The van der Waals surface area contributed by atoms with Crippen LogP contribution in [0.3, 0.4) is 0 Å². The van der Waals surface area contributed by atoms with Crippen LogP contribution in [0.2, 0.25) is 0 Å². The van der Waals surface area contributed by atoms with Crippen molar-refractivity contribution >= 4 is 5.69 Å². The lowest BCUT2D eigenvalue weighted by molar-refractivity contribution is 0.543. The zero-order valence-corrected chi connectivity index (χ0v) is 13.6. The van der Waals surface area contributed by atoms with E-state index in [2.05, 4.69) is 60.2 Å². The summed E-state index contributed by atoms with van der Waals surface area (Å²) in [5, 5.41) is 3.40. The van der Waals surface area contributed by atoms with Crippen LogP contribution in [-0.2, 0) is 5.41 Å². The number of hydrogen-bond donors (Lipinski definition) is 1. The molecule has 0 amide bonds. The first-order valence-corrected chi connectivity index (χ1v) is 7.94. The molecule has 1 aliphatic heterocycles. The summed E-state index contributed by atoms with van der Waals surface area (Å²) in [4.78, 5) is 11.9. The van der Waals surface area contributed by atoms with Crippen LogP contribution in [0.5, 0.6) is 0 Å². The number of hydrogen-bond acceptors (Lipinski definition) is 4. The third-order valence-electron chi connectivity index (χ3n) is 3.95. The van der Waals surface area contributed by atoms with Crippen LogP contribution in [-0.4, -0.2) is 36.1 Å². The Kier molecular flexibility index (Phi) is 4.12. The maximum Gasteiger partial charge on any atom is 0.134 e. The molecule has 4 nitrogen and oxygen atoms in total. The van der Waals surface area contributed by atoms with Gasteiger partial charge in [-0.1, -0.05) is 51.1 Å². The zero-order valence-electron chi connectivity index (χ0n) is 13.6. The summed E-state index contributed by atoms with van der Waals surface area (Å²) < 4.78 is 0. The number of anilines is 1. The molecule has 0 atom stereocenters. The molecule has 4 heteroatoms. The third kappa shape index (κ3) is 3.12. The molecule has 0 saturated carbocycles. The standard InChI is InChI=1S/C18H24N4/c1-18(2,3)17-20-13-15(22-11-9-19-10-12-22)16(21-17)14-7-5-4-6-8-14/h4-8,13,19H,9-12H2,1-3H3. The van der Waals surface area contributed by atoms with E-state index in [0.29, 0.717) is 0 Å². The predicted octanol–water partition coefficient (Wildman–Crippen LogP) is 2.85. The van der Waals surface area contributed by atoms with Gasteiger partial charge in [0.05, 0.1) is 17.6 Å². The minimum atomic E-state index is -0.0501. The molecule has 116 valence electrons. The number of nitrogens with one attached hydrogen (secondary N) is 1. The molecule has 1 aliphatic rings. The van der Waals surface area contributed by atoms with E-state index in [9.17, 15) is 0 Å². The Morgan fingerprint density at radius 1 is 1.05 bits per heavy atom. The molecule has 3 rings (SSSR count). The average Bonchev–Trinajstić information content (AvgIpc) is 2.55. The summed E-state index contributed by atoms with van der Waals surface area (Å²) in [6.45, 7) is 10.5. The normalized spacial score (nSPS) is 15.9. The molecule has 22 heavy (non-hydrogen) atoms. The number of benzene rings is 1. The Balaban J connectivity index is 2.09. The van der Waals surface area contributed by atoms with Crippen molar-refractivity contribution < 1.29 is 0 Å². The molecule has 2 aromatic rings. The van der Waals surface area contributed by atoms with E-state index in [0.717, 1.165) is 48.9 Å². The highest BCUT2D eigenvalue weighted by Gasteiger charge is 2.22. The first kappa shape index (κ1) is 15.0. The van der Waals surface area contributed by atoms with Gasteiger partial charge >= 0.3 is 0 Å². The molecule has 0 spiro atoms. The summed E-state index contributed by atoms with van der Waals surface area (Å²) in [5.41, 5.74) is 3.29. The second kappa shape index (κ2) is 6.05. The van der Waals surface area contributed by atoms with Gasteiger partial charge in [-0.05, 0) is 0 Å². The van der Waals surface area contributed by atoms with Crippen molar-refractivity contribution in [1.82, 2.24) is 15.3 Å². The average molecular weight is 296 g/mol. The molecule has 0 bridgehead atoms. The summed E-state index contributed by atoms with van der Waals surface area (Å²) in [7, 11) is 0. The predicted molar refractivity (Wildman–Crippen MR) is 91.3 cm³/mol. The Hall–Kier alpha value is -1.94. The van der Waals surface area contributed by atoms with Gasteiger partial charge in [-0.2, -0.15) is 0 Å². The molecular weight excluding hydrogens is 272 g/mol. The zero-order chi connectivity index (χ0) is 15.6. The van der Waals surface area contributed by atoms with Crippen molar-refractivity contribution in [2.24, 2.45) is 0 Å². The van der Waals surface area contributed by atoms with Gasteiger partial charge in [-0.25, -0.2) is 9.97 Å². The summed E-state index contributed by atoms with van der Waals surface area (Å²) >= 11 is 0. The van der Waals surface area contributed by atoms with Gasteiger partial charge in [0.25, 0.3) is 0 Å². The van der Waals surface area contributed by atoms with Crippen molar-refractivity contribution in [3.05, 3.63) is 42.4 Å². The van der Waals surface area contributed by atoms with Crippen LogP contribution < -0.4 is 10.2 Å². The highest BCUT2D eigenvalue weighted by molar-refractivity contribution is 5.74. The second-order valence-corrected chi connectivity index (χ2v) is 6.78. The lowest BCUT2D eigenvalue weighted by Gasteiger charge is -2.31. The van der Waals surface area contributed by atoms with Crippen molar-refractivity contribution in [3.8, 4) is 11.3 Å². The molecule has 0 unspecified atom stereocenters. The van der Waals surface area contributed by atoms with Crippen molar-refractivity contribution in [1.29, 1.82) is 0 Å². The molecule has 0 aliphatic carbocycles. The number of aromatic nitrogens is 2. The minimum Gasteiger partial charge on any atom is -0.366 e. The lowest BCUT2D eigenvalue weighted by Crippen LogP contribution is -2.44. The fourth-order valence-corrected chi connectivity index (χ4v) is 2.68. The Labute approximate surface area is 132 Å². The van der Waals surface area contributed by atoms with Gasteiger partial charge in [0.15, 0.2) is 0 Å². The number of rotatable bonds is 2. The van der Waals surface area contributed by atoms with Crippen LogP contribution in [0, 0.1) is 0 Å². The summed E-state index contributed by atoms with van der Waals surface area (Å²) in [6.07, 6.45) is 2.00. The van der Waals surface area contributed by atoms with Gasteiger partial charge < -0.3 is 10.2 Å². The molecule has 1 aromatic carbocycles. The molecule has 0 radical (unpaired) electrons. The first-order chi connectivity index (χ1) is 10.6. The number of nitrogens with zero attached hydrogens (tertiary/aromatic N) is 3. The quantitative estimate of drug-likeness (QED) is 0.925. The fourth-order valence-electron chi connectivity index (χ4n) is 2.68. The number of piperazine rings is 1. The lowest BCUT2D eigenvalue weighted by atomic mass is 9.95. The van der Waals surface area contributed by atoms with E-state index in [1.807, 2.05) is 12.3 Å². The van der Waals surface area contributed by atoms with Gasteiger partial charge in [0, 0.05) is 37.2 Å². The van der Waals surface area contributed by atoms with Crippen LogP contribution in [0.25, 0.3) is 11.3 Å².